The summed E-state index contributed by atoms with van der Waals surface area (Å²) < 4.78 is 0. The molecule has 0 aliphatic carbocycles. The highest BCUT2D eigenvalue weighted by Gasteiger charge is 2.26. The highest BCUT2D eigenvalue weighted by Crippen LogP contribution is 2.38. The molecule has 2 aromatic rings. The summed E-state index contributed by atoms with van der Waals surface area (Å²) in [5, 5.41) is 7.41. The van der Waals surface area contributed by atoms with E-state index in [2.05, 4.69) is 75.6 Å². The summed E-state index contributed by atoms with van der Waals surface area (Å²) >= 11 is 0. The number of anilines is 2. The van der Waals surface area contributed by atoms with Crippen molar-refractivity contribution in [1.29, 1.82) is 0 Å². The number of aryl methyl sites for hydroxylation is 4. The van der Waals surface area contributed by atoms with E-state index in [9.17, 15) is 0 Å². The number of hydrogen-bond acceptors (Lipinski definition) is 2. The molecule has 116 valence electrons. The maximum absolute atomic E-state index is 3.77. The first-order valence-corrected chi connectivity index (χ1v) is 8.15. The third kappa shape index (κ3) is 2.96. The first-order chi connectivity index (χ1) is 10.4. The Hall–Kier alpha value is -1.96. The van der Waals surface area contributed by atoms with Crippen LogP contribution in [0.3, 0.4) is 0 Å². The van der Waals surface area contributed by atoms with Gasteiger partial charge in [-0.15, -0.1) is 0 Å². The van der Waals surface area contributed by atoms with Crippen molar-refractivity contribution >= 4 is 11.4 Å². The predicted octanol–water partition coefficient (Wildman–Crippen LogP) is 5.28. The molecule has 0 aromatic heterocycles. The van der Waals surface area contributed by atoms with Crippen LogP contribution in [0.2, 0.25) is 0 Å². The van der Waals surface area contributed by atoms with Crippen molar-refractivity contribution in [3.05, 3.63) is 58.1 Å². The zero-order chi connectivity index (χ0) is 15.9. The van der Waals surface area contributed by atoms with Crippen LogP contribution in [0.25, 0.3) is 0 Å². The molecule has 0 spiro atoms. The Kier molecular flexibility index (Phi) is 3.86. The minimum atomic E-state index is 0.369. The summed E-state index contributed by atoms with van der Waals surface area (Å²) in [5.41, 5.74) is 9.25. The third-order valence-electron chi connectivity index (χ3n) is 4.43. The second-order valence-corrected chi connectivity index (χ2v) is 6.90. The molecular weight excluding hydrogens is 268 g/mol. The van der Waals surface area contributed by atoms with Gasteiger partial charge in [0.15, 0.2) is 0 Å². The Balaban J connectivity index is 1.98. The molecule has 1 aliphatic rings. The van der Waals surface area contributed by atoms with Gasteiger partial charge in [0.25, 0.3) is 0 Å². The van der Waals surface area contributed by atoms with E-state index in [0.717, 1.165) is 6.42 Å². The first-order valence-electron chi connectivity index (χ1n) is 8.15. The van der Waals surface area contributed by atoms with Gasteiger partial charge in [0.2, 0.25) is 0 Å². The topological polar surface area (TPSA) is 24.1 Å². The van der Waals surface area contributed by atoms with E-state index in [-0.39, 0.29) is 0 Å². The average Bonchev–Trinajstić information content (AvgIpc) is 2.35. The summed E-state index contributed by atoms with van der Waals surface area (Å²) in [6, 6.07) is 12.1. The van der Waals surface area contributed by atoms with Crippen LogP contribution in [0.1, 0.15) is 47.2 Å². The zero-order valence-electron chi connectivity index (χ0n) is 14.2. The molecule has 0 saturated carbocycles. The van der Waals surface area contributed by atoms with Crippen LogP contribution in [-0.4, -0.2) is 6.04 Å². The molecular formula is C20H26N2. The first kappa shape index (κ1) is 15.0. The van der Waals surface area contributed by atoms with Crippen molar-refractivity contribution in [2.75, 3.05) is 10.6 Å². The second kappa shape index (κ2) is 5.68. The van der Waals surface area contributed by atoms with Gasteiger partial charge in [0.1, 0.15) is 0 Å². The molecule has 2 atom stereocenters. The van der Waals surface area contributed by atoms with Crippen LogP contribution in [0, 0.1) is 27.7 Å². The summed E-state index contributed by atoms with van der Waals surface area (Å²) in [4.78, 5) is 0. The molecule has 3 rings (SSSR count). The van der Waals surface area contributed by atoms with Gasteiger partial charge in [-0.25, -0.2) is 0 Å². The number of nitrogens with one attached hydrogen (secondary N) is 2. The van der Waals surface area contributed by atoms with E-state index in [1.165, 1.54) is 39.2 Å². The second-order valence-electron chi connectivity index (χ2n) is 6.90. The maximum Gasteiger partial charge on any atom is 0.0556 e. The van der Waals surface area contributed by atoms with Crippen LogP contribution in [0.15, 0.2) is 30.3 Å². The van der Waals surface area contributed by atoms with Crippen LogP contribution in [0.5, 0.6) is 0 Å². The Morgan fingerprint density at radius 1 is 0.909 bits per heavy atom. The largest absolute Gasteiger partial charge is 0.382 e. The van der Waals surface area contributed by atoms with E-state index in [1.54, 1.807) is 0 Å². The summed E-state index contributed by atoms with van der Waals surface area (Å²) in [6.45, 7) is 11.0. The lowest BCUT2D eigenvalue weighted by molar-refractivity contribution is 0.597. The number of hydrogen-bond donors (Lipinski definition) is 2. The number of benzene rings is 2. The van der Waals surface area contributed by atoms with Crippen LogP contribution in [0.4, 0.5) is 11.4 Å². The maximum atomic E-state index is 3.77. The monoisotopic (exact) mass is 294 g/mol. The molecule has 2 N–H and O–H groups in total. The molecule has 22 heavy (non-hydrogen) atoms. The van der Waals surface area contributed by atoms with Crippen LogP contribution >= 0.6 is 0 Å². The summed E-state index contributed by atoms with van der Waals surface area (Å²) in [6.07, 6.45) is 1.10. The van der Waals surface area contributed by atoms with Crippen molar-refractivity contribution in [1.82, 2.24) is 0 Å². The zero-order valence-corrected chi connectivity index (χ0v) is 14.2. The molecule has 0 radical (unpaired) electrons. The van der Waals surface area contributed by atoms with Gasteiger partial charge in [-0.2, -0.15) is 0 Å². The van der Waals surface area contributed by atoms with Gasteiger partial charge in [-0.3, -0.25) is 0 Å². The molecule has 2 nitrogen and oxygen atoms in total. The van der Waals surface area contributed by atoms with E-state index < -0.39 is 0 Å². The minimum Gasteiger partial charge on any atom is -0.382 e. The fraction of sp³-hybridized carbons (Fsp3) is 0.400. The molecule has 0 saturated heterocycles. The van der Waals surface area contributed by atoms with Crippen molar-refractivity contribution in [2.45, 2.75) is 53.1 Å². The van der Waals surface area contributed by atoms with Gasteiger partial charge in [0.05, 0.1) is 6.04 Å². The number of rotatable bonds is 2. The molecule has 0 fully saturated rings. The number of fused-ring (bicyclic) bond motifs is 1. The van der Waals surface area contributed by atoms with Crippen molar-refractivity contribution in [3.63, 3.8) is 0 Å². The van der Waals surface area contributed by atoms with Gasteiger partial charge in [-0.1, -0.05) is 12.1 Å². The van der Waals surface area contributed by atoms with Crippen molar-refractivity contribution in [3.8, 4) is 0 Å². The Morgan fingerprint density at radius 3 is 2.23 bits per heavy atom. The molecule has 1 aliphatic heterocycles. The minimum absolute atomic E-state index is 0.369. The van der Waals surface area contributed by atoms with Gasteiger partial charge in [0, 0.05) is 23.0 Å². The molecule has 0 amide bonds. The molecule has 1 heterocycles. The van der Waals surface area contributed by atoms with Gasteiger partial charge >= 0.3 is 0 Å². The molecule has 0 bridgehead atoms. The van der Waals surface area contributed by atoms with E-state index >= 15 is 0 Å². The van der Waals surface area contributed by atoms with Gasteiger partial charge in [-0.05, 0) is 81.5 Å². The van der Waals surface area contributed by atoms with Crippen molar-refractivity contribution < 1.29 is 0 Å². The van der Waals surface area contributed by atoms with Crippen LogP contribution < -0.4 is 10.6 Å². The SMILES string of the molecule is Cc1cc(C)cc(NC2CC(C)Nc3cc(C)cc(C)c32)c1. The Bertz CT molecular complexity index is 683. The standard InChI is InChI=1S/C20H26N2/c1-12-6-13(2)9-17(8-12)22-19-11-16(5)21-18-10-14(3)7-15(4)20(18)19/h6-10,16,19,21-22H,11H2,1-5H3. The fourth-order valence-corrected chi connectivity index (χ4v) is 3.75. The fourth-order valence-electron chi connectivity index (χ4n) is 3.75. The smallest absolute Gasteiger partial charge is 0.0556 e. The lowest BCUT2D eigenvalue weighted by atomic mass is 9.89. The van der Waals surface area contributed by atoms with Crippen LogP contribution in [-0.2, 0) is 0 Å². The van der Waals surface area contributed by atoms with E-state index in [1.807, 2.05) is 0 Å². The van der Waals surface area contributed by atoms with Gasteiger partial charge < -0.3 is 10.6 Å². The van der Waals surface area contributed by atoms with E-state index in [4.69, 9.17) is 0 Å². The molecule has 2 aromatic carbocycles. The summed E-state index contributed by atoms with van der Waals surface area (Å²) in [7, 11) is 0. The lowest BCUT2D eigenvalue weighted by Crippen LogP contribution is -2.29. The Labute approximate surface area is 134 Å². The normalized spacial score (nSPS) is 20.2. The highest BCUT2D eigenvalue weighted by molar-refractivity contribution is 5.63. The quantitative estimate of drug-likeness (QED) is 0.787. The van der Waals surface area contributed by atoms with Crippen molar-refractivity contribution in [2.24, 2.45) is 0 Å². The predicted molar refractivity (Wildman–Crippen MR) is 95.9 cm³/mol. The Morgan fingerprint density at radius 2 is 1.55 bits per heavy atom. The third-order valence-corrected chi connectivity index (χ3v) is 4.43. The molecule has 2 heteroatoms. The highest BCUT2D eigenvalue weighted by atomic mass is 15.0. The average molecular weight is 294 g/mol. The van der Waals surface area contributed by atoms with E-state index in [0.29, 0.717) is 12.1 Å². The lowest BCUT2D eigenvalue weighted by Gasteiger charge is -2.34. The molecule has 2 unspecified atom stereocenters. The summed E-state index contributed by atoms with van der Waals surface area (Å²) in [5.74, 6) is 0.